The number of amides is 1. The summed E-state index contributed by atoms with van der Waals surface area (Å²) in [4.78, 5) is 12.0. The van der Waals surface area contributed by atoms with Gasteiger partial charge in [-0.15, -0.1) is 0 Å². The van der Waals surface area contributed by atoms with Crippen LogP contribution in [0.5, 0.6) is 5.75 Å². The minimum absolute atomic E-state index is 0.0228. The molecule has 0 fully saturated rings. The van der Waals surface area contributed by atoms with Gasteiger partial charge in [-0.1, -0.05) is 15.9 Å². The molecule has 6 heteroatoms. The molecule has 0 saturated carbocycles. The molecule has 1 heterocycles. The van der Waals surface area contributed by atoms with Crippen LogP contribution in [0.3, 0.4) is 0 Å². The second-order valence-electron chi connectivity index (χ2n) is 4.98. The van der Waals surface area contributed by atoms with Crippen LogP contribution in [0.1, 0.15) is 12.5 Å². The maximum atomic E-state index is 12.0. The quantitative estimate of drug-likeness (QED) is 0.765. The van der Waals surface area contributed by atoms with E-state index in [1.165, 1.54) is 6.92 Å². The lowest BCUT2D eigenvalue weighted by Gasteiger charge is -2.22. The summed E-state index contributed by atoms with van der Waals surface area (Å²) >= 11 is 3.37. The summed E-state index contributed by atoms with van der Waals surface area (Å²) in [5.41, 5.74) is -0.0267. The number of rotatable bonds is 4. The van der Waals surface area contributed by atoms with Crippen molar-refractivity contribution >= 4 is 27.9 Å². The number of carbonyl (C=O) groups is 1. The molecule has 5 nitrogen and oxygen atoms in total. The van der Waals surface area contributed by atoms with Crippen molar-refractivity contribution in [3.05, 3.63) is 33.8 Å². The normalized spacial score (nSPS) is 16.5. The highest BCUT2D eigenvalue weighted by atomic mass is 79.9. The van der Waals surface area contributed by atoms with Crippen LogP contribution in [0.4, 0.5) is 0 Å². The fourth-order valence-corrected chi connectivity index (χ4v) is 2.10. The summed E-state index contributed by atoms with van der Waals surface area (Å²) in [6.07, 6.45) is 1.76. The van der Waals surface area contributed by atoms with Gasteiger partial charge in [0.25, 0.3) is 5.91 Å². The molecular formula is C14H16BrNO4. The first-order valence-corrected chi connectivity index (χ1v) is 6.95. The zero-order valence-electron chi connectivity index (χ0n) is 11.0. The zero-order valence-corrected chi connectivity index (χ0v) is 12.6. The molecule has 1 aliphatic heterocycles. The van der Waals surface area contributed by atoms with Gasteiger partial charge in [-0.2, -0.15) is 0 Å². The molecule has 2 rings (SSSR count). The van der Waals surface area contributed by atoms with E-state index < -0.39 is 12.2 Å². The first-order chi connectivity index (χ1) is 9.41. The minimum Gasteiger partial charge on any atom is -0.488 e. The molecule has 1 unspecified atom stereocenters. The van der Waals surface area contributed by atoms with Crippen LogP contribution in [-0.4, -0.2) is 41.5 Å². The number of aliphatic hydroxyl groups excluding tert-OH is 1. The van der Waals surface area contributed by atoms with Crippen molar-refractivity contribution < 1.29 is 19.7 Å². The van der Waals surface area contributed by atoms with Gasteiger partial charge < -0.3 is 20.3 Å². The Balaban J connectivity index is 2.08. The Morgan fingerprint density at radius 2 is 2.30 bits per heavy atom. The standard InChI is InChI=1S/C14H16BrNO4/c1-14(19,8-17)7-16-13(18)10-4-9-5-11(15)2-3-12(9)20-6-10/h2-5,17,19H,6-8H2,1H3,(H,16,18). The average molecular weight is 342 g/mol. The lowest BCUT2D eigenvalue weighted by Crippen LogP contribution is -2.44. The van der Waals surface area contributed by atoms with Crippen molar-refractivity contribution in [2.75, 3.05) is 19.8 Å². The Kier molecular flexibility index (Phi) is 4.47. The van der Waals surface area contributed by atoms with Crippen LogP contribution in [-0.2, 0) is 4.79 Å². The van der Waals surface area contributed by atoms with E-state index in [0.29, 0.717) is 5.57 Å². The predicted octanol–water partition coefficient (Wildman–Crippen LogP) is 1.08. The summed E-state index contributed by atoms with van der Waals surface area (Å²) in [5, 5.41) is 21.2. The number of benzene rings is 1. The molecular weight excluding hydrogens is 326 g/mol. The van der Waals surface area contributed by atoms with Crippen LogP contribution in [0.15, 0.2) is 28.2 Å². The van der Waals surface area contributed by atoms with Crippen molar-refractivity contribution in [2.45, 2.75) is 12.5 Å². The van der Waals surface area contributed by atoms with Gasteiger partial charge in [0.05, 0.1) is 12.2 Å². The molecule has 20 heavy (non-hydrogen) atoms. The largest absolute Gasteiger partial charge is 0.488 e. The Morgan fingerprint density at radius 3 is 3.00 bits per heavy atom. The summed E-state index contributed by atoms with van der Waals surface area (Å²) < 4.78 is 6.41. The van der Waals surface area contributed by atoms with Gasteiger partial charge in [-0.3, -0.25) is 4.79 Å². The molecule has 108 valence electrons. The van der Waals surface area contributed by atoms with Crippen molar-refractivity contribution in [1.29, 1.82) is 0 Å². The smallest absolute Gasteiger partial charge is 0.250 e. The molecule has 0 spiro atoms. The summed E-state index contributed by atoms with van der Waals surface area (Å²) in [6, 6.07) is 5.57. The SMILES string of the molecule is CC(O)(CO)CNC(=O)C1=Cc2cc(Br)ccc2OC1. The first kappa shape index (κ1) is 15.0. The van der Waals surface area contributed by atoms with E-state index in [9.17, 15) is 9.90 Å². The highest BCUT2D eigenvalue weighted by Gasteiger charge is 2.22. The molecule has 1 aromatic rings. The van der Waals surface area contributed by atoms with Gasteiger partial charge >= 0.3 is 0 Å². The fourth-order valence-electron chi connectivity index (χ4n) is 1.72. The molecule has 0 bridgehead atoms. The summed E-state index contributed by atoms with van der Waals surface area (Å²) in [7, 11) is 0. The van der Waals surface area contributed by atoms with E-state index in [-0.39, 0.29) is 19.1 Å². The third-order valence-electron chi connectivity index (χ3n) is 2.95. The van der Waals surface area contributed by atoms with Crippen LogP contribution < -0.4 is 10.1 Å². The summed E-state index contributed by atoms with van der Waals surface area (Å²) in [5.74, 6) is 0.413. The zero-order chi connectivity index (χ0) is 14.8. The van der Waals surface area contributed by atoms with E-state index >= 15 is 0 Å². The van der Waals surface area contributed by atoms with Gasteiger partial charge in [-0.05, 0) is 31.2 Å². The van der Waals surface area contributed by atoms with E-state index in [1.54, 1.807) is 6.08 Å². The molecule has 0 aromatic heterocycles. The summed E-state index contributed by atoms with van der Waals surface area (Å²) in [6.45, 7) is 1.19. The molecule has 0 aliphatic carbocycles. The van der Waals surface area contributed by atoms with E-state index in [2.05, 4.69) is 21.2 Å². The van der Waals surface area contributed by atoms with Gasteiger partial charge in [0.1, 0.15) is 18.0 Å². The molecule has 0 radical (unpaired) electrons. The number of ether oxygens (including phenoxy) is 1. The number of nitrogens with one attached hydrogen (secondary N) is 1. The van der Waals surface area contributed by atoms with Crippen molar-refractivity contribution in [3.8, 4) is 5.75 Å². The van der Waals surface area contributed by atoms with E-state index in [4.69, 9.17) is 9.84 Å². The number of carbonyl (C=O) groups excluding carboxylic acids is 1. The third kappa shape index (κ3) is 3.59. The highest BCUT2D eigenvalue weighted by Crippen LogP contribution is 2.29. The molecule has 3 N–H and O–H groups in total. The Morgan fingerprint density at radius 1 is 1.55 bits per heavy atom. The fraction of sp³-hybridized carbons (Fsp3) is 0.357. The predicted molar refractivity (Wildman–Crippen MR) is 78.3 cm³/mol. The number of fused-ring (bicyclic) bond motifs is 1. The third-order valence-corrected chi connectivity index (χ3v) is 3.44. The maximum absolute atomic E-state index is 12.0. The van der Waals surface area contributed by atoms with Gasteiger partial charge in [0, 0.05) is 16.6 Å². The Bertz CT molecular complexity index is 554. The van der Waals surface area contributed by atoms with E-state index in [1.807, 2.05) is 18.2 Å². The Hall–Kier alpha value is -1.37. The second kappa shape index (κ2) is 5.95. The molecule has 1 aliphatic rings. The maximum Gasteiger partial charge on any atom is 0.250 e. The Labute approximate surface area is 125 Å². The number of halogens is 1. The van der Waals surface area contributed by atoms with Crippen LogP contribution >= 0.6 is 15.9 Å². The number of aliphatic hydroxyl groups is 2. The molecule has 1 aromatic carbocycles. The first-order valence-electron chi connectivity index (χ1n) is 6.16. The average Bonchev–Trinajstić information content (AvgIpc) is 2.44. The molecule has 1 atom stereocenters. The number of hydrogen-bond acceptors (Lipinski definition) is 4. The lowest BCUT2D eigenvalue weighted by molar-refractivity contribution is -0.119. The highest BCUT2D eigenvalue weighted by molar-refractivity contribution is 9.10. The van der Waals surface area contributed by atoms with Gasteiger partial charge in [-0.25, -0.2) is 0 Å². The van der Waals surface area contributed by atoms with Crippen LogP contribution in [0.2, 0.25) is 0 Å². The second-order valence-corrected chi connectivity index (χ2v) is 5.89. The van der Waals surface area contributed by atoms with Crippen molar-refractivity contribution in [3.63, 3.8) is 0 Å². The topological polar surface area (TPSA) is 78.8 Å². The number of hydrogen-bond donors (Lipinski definition) is 3. The van der Waals surface area contributed by atoms with Crippen LogP contribution in [0.25, 0.3) is 6.08 Å². The lowest BCUT2D eigenvalue weighted by atomic mass is 10.1. The van der Waals surface area contributed by atoms with Crippen molar-refractivity contribution in [1.82, 2.24) is 5.32 Å². The monoisotopic (exact) mass is 341 g/mol. The molecule has 0 saturated heterocycles. The van der Waals surface area contributed by atoms with E-state index in [0.717, 1.165) is 15.8 Å². The minimum atomic E-state index is -1.33. The van der Waals surface area contributed by atoms with Gasteiger partial charge in [0.15, 0.2) is 0 Å². The van der Waals surface area contributed by atoms with Crippen molar-refractivity contribution in [2.24, 2.45) is 0 Å². The van der Waals surface area contributed by atoms with Gasteiger partial charge in [0.2, 0.25) is 0 Å². The van der Waals surface area contributed by atoms with Crippen LogP contribution in [0, 0.1) is 0 Å². The molecule has 1 amide bonds.